The van der Waals surface area contributed by atoms with E-state index in [0.29, 0.717) is 37.6 Å². The fraction of sp³-hybridized carbons (Fsp3) is 0.346. The minimum Gasteiger partial charge on any atom is -0.446 e. The normalized spacial score (nSPS) is 17.3. The third-order valence-electron chi connectivity index (χ3n) is 6.67. The number of hydrogen-bond acceptors (Lipinski definition) is 11. The lowest BCUT2D eigenvalue weighted by Crippen LogP contribution is -2.32. The largest absolute Gasteiger partial charge is 0.446 e. The number of anilines is 2. The van der Waals surface area contributed by atoms with E-state index in [1.54, 1.807) is 24.1 Å². The molecule has 1 aliphatic carbocycles. The van der Waals surface area contributed by atoms with E-state index in [1.807, 2.05) is 0 Å². The first-order chi connectivity index (χ1) is 20.3. The summed E-state index contributed by atoms with van der Waals surface area (Å²) in [5.74, 6) is 0.170. The number of halogens is 3. The van der Waals surface area contributed by atoms with Gasteiger partial charge in [-0.15, -0.1) is 0 Å². The second-order valence-corrected chi connectivity index (χ2v) is 12.0. The van der Waals surface area contributed by atoms with Crippen LogP contribution < -0.4 is 10.6 Å². The monoisotopic (exact) mass is 617 g/mol. The van der Waals surface area contributed by atoms with Crippen LogP contribution in [0.3, 0.4) is 0 Å². The number of rotatable bonds is 7. The summed E-state index contributed by atoms with van der Waals surface area (Å²) in [5, 5.41) is 9.67. The van der Waals surface area contributed by atoms with Crippen LogP contribution in [-0.4, -0.2) is 67.6 Å². The molecular weight excluding hydrogens is 591 g/mol. The van der Waals surface area contributed by atoms with Gasteiger partial charge in [-0.2, -0.15) is 18.3 Å². The van der Waals surface area contributed by atoms with Crippen molar-refractivity contribution < 1.29 is 31.1 Å². The highest BCUT2D eigenvalue weighted by Crippen LogP contribution is 2.36. The molecule has 4 aromatic heterocycles. The van der Waals surface area contributed by atoms with Crippen LogP contribution in [-0.2, 0) is 27.8 Å². The molecule has 0 saturated heterocycles. The van der Waals surface area contributed by atoms with Gasteiger partial charge in [0.2, 0.25) is 5.95 Å². The zero-order chi connectivity index (χ0) is 30.8. The molecule has 13 nitrogen and oxygen atoms in total. The van der Waals surface area contributed by atoms with Crippen LogP contribution >= 0.6 is 0 Å². The van der Waals surface area contributed by atoms with Crippen molar-refractivity contribution in [2.75, 3.05) is 16.9 Å². The summed E-state index contributed by atoms with van der Waals surface area (Å²) in [6.07, 6.45) is 6.32. The zero-order valence-electron chi connectivity index (χ0n) is 22.9. The number of amides is 1. The number of aromatic nitrogens is 7. The lowest BCUT2D eigenvalue weighted by Gasteiger charge is -2.29. The van der Waals surface area contributed by atoms with Gasteiger partial charge in [0, 0.05) is 55.3 Å². The first-order valence-electron chi connectivity index (χ1n) is 13.0. The maximum Gasteiger partial charge on any atom is 0.419 e. The summed E-state index contributed by atoms with van der Waals surface area (Å²) in [7, 11) is -1.92. The number of nitrogens with one attached hydrogen (secondary N) is 2. The minimum absolute atomic E-state index is 0.0526. The van der Waals surface area contributed by atoms with Crippen molar-refractivity contribution >= 4 is 27.7 Å². The number of carbonyl (C=O) groups excluding carboxylic acids is 1. The number of sulfone groups is 1. The van der Waals surface area contributed by atoms with E-state index in [2.05, 4.69) is 40.7 Å². The van der Waals surface area contributed by atoms with E-state index < -0.39 is 33.4 Å². The van der Waals surface area contributed by atoms with E-state index in [4.69, 9.17) is 4.74 Å². The topological polar surface area (TPSA) is 167 Å². The van der Waals surface area contributed by atoms with Crippen molar-refractivity contribution in [1.29, 1.82) is 0 Å². The molecule has 4 aromatic rings. The second-order valence-electron chi connectivity index (χ2n) is 9.97. The van der Waals surface area contributed by atoms with Gasteiger partial charge in [-0.3, -0.25) is 20.0 Å². The fourth-order valence-corrected chi connectivity index (χ4v) is 5.11. The van der Waals surface area contributed by atoms with Gasteiger partial charge in [0.25, 0.3) is 0 Å². The molecule has 226 valence electrons. The summed E-state index contributed by atoms with van der Waals surface area (Å²) in [6, 6.07) is 0.900. The number of carbonyl (C=O) groups is 1. The fourth-order valence-electron chi connectivity index (χ4n) is 4.52. The Balaban J connectivity index is 1.18. The Labute approximate surface area is 243 Å². The Hall–Kier alpha value is -4.67. The Kier molecular flexibility index (Phi) is 8.25. The molecule has 5 rings (SSSR count). The van der Waals surface area contributed by atoms with Crippen molar-refractivity contribution in [3.63, 3.8) is 0 Å². The highest BCUT2D eigenvalue weighted by molar-refractivity contribution is 7.90. The molecular formula is C26H26F3N9O4S. The second kappa shape index (κ2) is 11.9. The SMILES string of the molecule is Cn1cc(-c2cnc(NC(=O)O[C@H]3CC[C@H](Nc4ncc(C(F)(F)F)c(-c5cncc(S(C)(=O)=O)c5)n4)CC3)cn2)cn1. The summed E-state index contributed by atoms with van der Waals surface area (Å²) in [5.41, 5.74) is -0.342. The van der Waals surface area contributed by atoms with Crippen molar-refractivity contribution in [2.45, 2.75) is 48.9 Å². The van der Waals surface area contributed by atoms with Crippen LogP contribution in [0.4, 0.5) is 29.7 Å². The lowest BCUT2D eigenvalue weighted by atomic mass is 9.93. The first-order valence-corrected chi connectivity index (χ1v) is 14.9. The van der Waals surface area contributed by atoms with Crippen molar-refractivity contribution in [3.05, 3.63) is 55.0 Å². The first kappa shape index (κ1) is 29.8. The number of hydrogen-bond donors (Lipinski definition) is 2. The van der Waals surface area contributed by atoms with E-state index >= 15 is 0 Å². The molecule has 2 N–H and O–H groups in total. The number of ether oxygens (including phenoxy) is 1. The van der Waals surface area contributed by atoms with Crippen LogP contribution in [0.25, 0.3) is 22.5 Å². The number of pyridine rings is 1. The number of nitrogens with zero attached hydrogens (tertiary/aromatic N) is 7. The van der Waals surface area contributed by atoms with Crippen molar-refractivity contribution in [3.8, 4) is 22.5 Å². The quantitative estimate of drug-likeness (QED) is 0.306. The Bertz CT molecular complexity index is 1720. The standard InChI is InChI=1S/C26H26F3N9O4S/c1-38-14-16(9-34-38)21-12-32-22(13-31-21)36-25(39)42-18-5-3-17(4-6-18)35-24-33-11-20(26(27,28)29)23(37-24)15-7-19(10-30-8-15)43(2,40)41/h7-14,17-18H,3-6H2,1-2H3,(H,32,36,39)(H,33,35,37)/t17-,18-. The van der Waals surface area contributed by atoms with Crippen molar-refractivity contribution in [1.82, 2.24) is 34.7 Å². The molecule has 0 bridgehead atoms. The molecule has 1 aliphatic rings. The van der Waals surface area contributed by atoms with Gasteiger partial charge in [0.1, 0.15) is 11.7 Å². The summed E-state index contributed by atoms with van der Waals surface area (Å²) in [6.45, 7) is 0. The molecule has 0 radical (unpaired) electrons. The van der Waals surface area contributed by atoms with Gasteiger partial charge in [-0.25, -0.2) is 28.2 Å². The van der Waals surface area contributed by atoms with E-state index in [9.17, 15) is 26.4 Å². The molecule has 0 aliphatic heterocycles. The molecule has 0 aromatic carbocycles. The molecule has 4 heterocycles. The minimum atomic E-state index is -4.78. The third kappa shape index (κ3) is 7.40. The summed E-state index contributed by atoms with van der Waals surface area (Å²) >= 11 is 0. The zero-order valence-corrected chi connectivity index (χ0v) is 23.7. The van der Waals surface area contributed by atoms with Crippen LogP contribution in [0.15, 0.2) is 54.3 Å². The van der Waals surface area contributed by atoms with E-state index in [1.165, 1.54) is 12.4 Å². The van der Waals surface area contributed by atoms with Gasteiger partial charge in [0.05, 0.1) is 34.9 Å². The molecule has 0 spiro atoms. The Morgan fingerprint density at radius 3 is 2.40 bits per heavy atom. The molecule has 0 unspecified atom stereocenters. The Morgan fingerprint density at radius 1 is 1.00 bits per heavy atom. The number of aryl methyl sites for hydroxylation is 1. The van der Waals surface area contributed by atoms with Crippen molar-refractivity contribution in [2.24, 2.45) is 7.05 Å². The predicted molar refractivity (Wildman–Crippen MR) is 147 cm³/mol. The van der Waals surface area contributed by atoms with Crippen LogP contribution in [0.2, 0.25) is 0 Å². The summed E-state index contributed by atoms with van der Waals surface area (Å²) < 4.78 is 72.2. The average Bonchev–Trinajstić information content (AvgIpc) is 3.39. The van der Waals surface area contributed by atoms with E-state index in [-0.39, 0.29) is 34.4 Å². The van der Waals surface area contributed by atoms with Crippen LogP contribution in [0.1, 0.15) is 31.2 Å². The van der Waals surface area contributed by atoms with Gasteiger partial charge in [-0.05, 0) is 31.7 Å². The maximum absolute atomic E-state index is 13.7. The highest BCUT2D eigenvalue weighted by Gasteiger charge is 2.36. The van der Waals surface area contributed by atoms with E-state index in [0.717, 1.165) is 30.3 Å². The molecule has 43 heavy (non-hydrogen) atoms. The molecule has 17 heteroatoms. The maximum atomic E-state index is 13.7. The molecule has 1 amide bonds. The van der Waals surface area contributed by atoms with Gasteiger partial charge in [0.15, 0.2) is 15.7 Å². The Morgan fingerprint density at radius 2 is 1.77 bits per heavy atom. The molecule has 1 fully saturated rings. The van der Waals surface area contributed by atoms with Crippen LogP contribution in [0.5, 0.6) is 0 Å². The van der Waals surface area contributed by atoms with Gasteiger partial charge >= 0.3 is 12.3 Å². The lowest BCUT2D eigenvalue weighted by molar-refractivity contribution is -0.137. The third-order valence-corrected chi connectivity index (χ3v) is 7.75. The van der Waals surface area contributed by atoms with Gasteiger partial charge in [-0.1, -0.05) is 0 Å². The van der Waals surface area contributed by atoms with Crippen LogP contribution in [0, 0.1) is 0 Å². The smallest absolute Gasteiger partial charge is 0.419 e. The predicted octanol–water partition coefficient (Wildman–Crippen LogP) is 4.12. The van der Waals surface area contributed by atoms with Gasteiger partial charge < -0.3 is 10.1 Å². The number of alkyl halides is 3. The highest BCUT2D eigenvalue weighted by atomic mass is 32.2. The summed E-state index contributed by atoms with van der Waals surface area (Å²) in [4.78, 5) is 32.3. The average molecular weight is 618 g/mol. The molecule has 1 saturated carbocycles. The molecule has 0 atom stereocenters.